The molecule has 0 bridgehead atoms. The lowest BCUT2D eigenvalue weighted by atomic mass is 10.0. The van der Waals surface area contributed by atoms with Crippen molar-refractivity contribution in [1.29, 1.82) is 0 Å². The summed E-state index contributed by atoms with van der Waals surface area (Å²) in [4.78, 5) is 24.4. The van der Waals surface area contributed by atoms with Gasteiger partial charge in [-0.05, 0) is 44.9 Å². The molecule has 0 aliphatic rings. The molecule has 2 amide bonds. The van der Waals surface area contributed by atoms with E-state index in [4.69, 9.17) is 21.1 Å². The van der Waals surface area contributed by atoms with Crippen molar-refractivity contribution in [2.75, 3.05) is 7.11 Å². The number of hydrogen-bond acceptors (Lipinski definition) is 4. The summed E-state index contributed by atoms with van der Waals surface area (Å²) < 4.78 is 10.5. The van der Waals surface area contributed by atoms with Crippen LogP contribution in [0.25, 0.3) is 0 Å². The Morgan fingerprint density at radius 1 is 1.24 bits per heavy atom. The van der Waals surface area contributed by atoms with E-state index < -0.39 is 17.7 Å². The van der Waals surface area contributed by atoms with Crippen molar-refractivity contribution < 1.29 is 19.1 Å². The van der Waals surface area contributed by atoms with Gasteiger partial charge in [0.15, 0.2) is 0 Å². The number of halogens is 1. The molecule has 0 heterocycles. The summed E-state index contributed by atoms with van der Waals surface area (Å²) in [5.41, 5.74) is 0.124. The molecular formula is C18H27ClN2O4. The fourth-order valence-electron chi connectivity index (χ4n) is 2.15. The molecule has 0 spiro atoms. The first-order valence-corrected chi connectivity index (χ1v) is 8.51. The van der Waals surface area contributed by atoms with Crippen molar-refractivity contribution >= 4 is 23.6 Å². The van der Waals surface area contributed by atoms with Crippen molar-refractivity contribution in [3.8, 4) is 5.75 Å². The fraction of sp³-hybridized carbons (Fsp3) is 0.556. The molecule has 0 saturated heterocycles. The first-order chi connectivity index (χ1) is 11.5. The molecule has 0 aliphatic heterocycles. The van der Waals surface area contributed by atoms with Gasteiger partial charge in [0.1, 0.15) is 17.4 Å². The molecule has 1 aromatic carbocycles. The van der Waals surface area contributed by atoms with Crippen LogP contribution in [0.1, 0.15) is 40.2 Å². The van der Waals surface area contributed by atoms with Gasteiger partial charge in [-0.1, -0.05) is 25.4 Å². The molecular weight excluding hydrogens is 344 g/mol. The topological polar surface area (TPSA) is 76.7 Å². The molecule has 7 heteroatoms. The lowest BCUT2D eigenvalue weighted by Crippen LogP contribution is -2.50. The van der Waals surface area contributed by atoms with Gasteiger partial charge >= 0.3 is 6.09 Å². The molecule has 1 atom stereocenters. The lowest BCUT2D eigenvalue weighted by Gasteiger charge is -2.25. The normalized spacial score (nSPS) is 12.5. The predicted molar refractivity (Wildman–Crippen MR) is 97.8 cm³/mol. The number of benzene rings is 1. The summed E-state index contributed by atoms with van der Waals surface area (Å²) >= 11 is 5.99. The molecule has 1 aromatic rings. The molecule has 0 aromatic heterocycles. The highest BCUT2D eigenvalue weighted by atomic mass is 35.5. The Hall–Kier alpha value is -1.95. The Balaban J connectivity index is 2.74. The monoisotopic (exact) mass is 370 g/mol. The van der Waals surface area contributed by atoms with Gasteiger partial charge in [-0.2, -0.15) is 0 Å². The number of amides is 2. The lowest BCUT2D eigenvalue weighted by molar-refractivity contribution is -0.124. The second-order valence-corrected chi connectivity index (χ2v) is 7.48. The van der Waals surface area contributed by atoms with E-state index in [1.807, 2.05) is 13.8 Å². The van der Waals surface area contributed by atoms with Crippen LogP contribution in [0.5, 0.6) is 5.75 Å². The van der Waals surface area contributed by atoms with Crippen molar-refractivity contribution in [2.24, 2.45) is 5.92 Å². The second-order valence-electron chi connectivity index (χ2n) is 7.04. The Labute approximate surface area is 154 Å². The third-order valence-electron chi connectivity index (χ3n) is 3.32. The van der Waals surface area contributed by atoms with Crippen molar-refractivity contribution in [3.63, 3.8) is 0 Å². The van der Waals surface area contributed by atoms with Crippen LogP contribution in [0.3, 0.4) is 0 Å². The third-order valence-corrected chi connectivity index (χ3v) is 3.55. The second kappa shape index (κ2) is 8.94. The number of alkyl carbamates (subject to hydrolysis) is 1. The standard InChI is InChI=1S/C18H27ClN2O4/c1-11(2)15(21-17(23)25-18(3,4)5)16(22)20-10-12-9-13(19)7-8-14(12)24-6/h7-9,11,15H,10H2,1-6H3,(H,20,22)(H,21,23). The van der Waals surface area contributed by atoms with E-state index in [0.29, 0.717) is 10.8 Å². The number of methoxy groups -OCH3 is 1. The van der Waals surface area contributed by atoms with Gasteiger partial charge in [0.2, 0.25) is 5.91 Å². The smallest absolute Gasteiger partial charge is 0.408 e. The third kappa shape index (κ3) is 7.22. The summed E-state index contributed by atoms with van der Waals surface area (Å²) in [7, 11) is 1.55. The van der Waals surface area contributed by atoms with Crippen molar-refractivity contribution in [1.82, 2.24) is 10.6 Å². The summed E-state index contributed by atoms with van der Waals surface area (Å²) in [6, 6.07) is 4.47. The minimum absolute atomic E-state index is 0.103. The number of ether oxygens (including phenoxy) is 2. The van der Waals surface area contributed by atoms with E-state index in [1.165, 1.54) is 0 Å². The van der Waals surface area contributed by atoms with Crippen LogP contribution < -0.4 is 15.4 Å². The molecule has 25 heavy (non-hydrogen) atoms. The number of carbonyl (C=O) groups is 2. The number of nitrogens with one attached hydrogen (secondary N) is 2. The summed E-state index contributed by atoms with van der Waals surface area (Å²) in [6.45, 7) is 9.23. The highest BCUT2D eigenvalue weighted by Crippen LogP contribution is 2.22. The average molecular weight is 371 g/mol. The van der Waals surface area contributed by atoms with Crippen LogP contribution in [0, 0.1) is 5.92 Å². The summed E-state index contributed by atoms with van der Waals surface area (Å²) in [5, 5.41) is 5.97. The molecule has 0 aliphatic carbocycles. The van der Waals surface area contributed by atoms with Gasteiger partial charge in [-0.3, -0.25) is 4.79 Å². The molecule has 1 unspecified atom stereocenters. The van der Waals surface area contributed by atoms with Gasteiger partial charge in [0.25, 0.3) is 0 Å². The van der Waals surface area contributed by atoms with Gasteiger partial charge in [-0.15, -0.1) is 0 Å². The average Bonchev–Trinajstić information content (AvgIpc) is 2.48. The minimum atomic E-state index is -0.708. The highest BCUT2D eigenvalue weighted by molar-refractivity contribution is 6.30. The SMILES string of the molecule is COc1ccc(Cl)cc1CNC(=O)C(NC(=O)OC(C)(C)C)C(C)C. The summed E-state index contributed by atoms with van der Waals surface area (Å²) in [6.07, 6.45) is -0.623. The molecule has 6 nitrogen and oxygen atoms in total. The maximum Gasteiger partial charge on any atom is 0.408 e. The molecule has 1 rings (SSSR count). The van der Waals surface area contributed by atoms with Gasteiger partial charge in [-0.25, -0.2) is 4.79 Å². The minimum Gasteiger partial charge on any atom is -0.496 e. The number of rotatable bonds is 6. The van der Waals surface area contributed by atoms with Crippen LogP contribution in [0.4, 0.5) is 4.79 Å². The van der Waals surface area contributed by atoms with Gasteiger partial charge in [0, 0.05) is 17.1 Å². The Morgan fingerprint density at radius 3 is 2.40 bits per heavy atom. The molecule has 2 N–H and O–H groups in total. The maximum absolute atomic E-state index is 12.5. The van der Waals surface area contributed by atoms with E-state index in [2.05, 4.69) is 10.6 Å². The van der Waals surface area contributed by atoms with Crippen LogP contribution in [-0.4, -0.2) is 30.8 Å². The molecule has 0 radical (unpaired) electrons. The Kier molecular flexibility index (Phi) is 7.55. The van der Waals surface area contributed by atoms with Crippen LogP contribution in [-0.2, 0) is 16.1 Å². The van der Waals surface area contributed by atoms with E-state index in [1.54, 1.807) is 46.1 Å². The van der Waals surface area contributed by atoms with E-state index in [9.17, 15) is 9.59 Å². The predicted octanol–water partition coefficient (Wildman–Crippen LogP) is 3.51. The zero-order valence-corrected chi connectivity index (χ0v) is 16.4. The van der Waals surface area contributed by atoms with Crippen molar-refractivity contribution in [2.45, 2.75) is 52.8 Å². The molecule has 0 saturated carbocycles. The van der Waals surface area contributed by atoms with Crippen LogP contribution in [0.2, 0.25) is 5.02 Å². The summed E-state index contributed by atoms with van der Waals surface area (Å²) in [5.74, 6) is 0.225. The fourth-order valence-corrected chi connectivity index (χ4v) is 2.34. The maximum atomic E-state index is 12.5. The van der Waals surface area contributed by atoms with Crippen molar-refractivity contribution in [3.05, 3.63) is 28.8 Å². The highest BCUT2D eigenvalue weighted by Gasteiger charge is 2.26. The van der Waals surface area contributed by atoms with Crippen LogP contribution >= 0.6 is 11.6 Å². The largest absolute Gasteiger partial charge is 0.496 e. The van der Waals surface area contributed by atoms with E-state index in [0.717, 1.165) is 5.56 Å². The molecule has 140 valence electrons. The zero-order valence-electron chi connectivity index (χ0n) is 15.6. The van der Waals surface area contributed by atoms with E-state index >= 15 is 0 Å². The number of carbonyl (C=O) groups excluding carboxylic acids is 2. The van der Waals surface area contributed by atoms with E-state index in [-0.39, 0.29) is 18.4 Å². The van der Waals surface area contributed by atoms with Crippen LogP contribution in [0.15, 0.2) is 18.2 Å². The van der Waals surface area contributed by atoms with Gasteiger partial charge < -0.3 is 20.1 Å². The quantitative estimate of drug-likeness (QED) is 0.803. The first kappa shape index (κ1) is 21.1. The zero-order chi connectivity index (χ0) is 19.2. The van der Waals surface area contributed by atoms with Gasteiger partial charge in [0.05, 0.1) is 7.11 Å². The Bertz CT molecular complexity index is 612. The Morgan fingerprint density at radius 2 is 1.88 bits per heavy atom. The first-order valence-electron chi connectivity index (χ1n) is 8.13. The molecule has 0 fully saturated rings. The number of hydrogen-bond donors (Lipinski definition) is 2.